The molecule has 1 saturated heterocycles. The lowest BCUT2D eigenvalue weighted by Crippen LogP contribution is -2.42. The molecule has 0 unspecified atom stereocenters. The Morgan fingerprint density at radius 1 is 1.08 bits per heavy atom. The van der Waals surface area contributed by atoms with Crippen LogP contribution in [0.15, 0.2) is 48.5 Å². The zero-order chi connectivity index (χ0) is 17.9. The Bertz CT molecular complexity index is 717. The van der Waals surface area contributed by atoms with E-state index in [4.69, 9.17) is 11.6 Å². The maximum absolute atomic E-state index is 11.9. The molecule has 1 aliphatic rings. The van der Waals surface area contributed by atoms with Crippen molar-refractivity contribution in [2.45, 2.75) is 38.2 Å². The van der Waals surface area contributed by atoms with Crippen molar-refractivity contribution in [2.24, 2.45) is 0 Å². The van der Waals surface area contributed by atoms with E-state index >= 15 is 0 Å². The molecule has 1 heterocycles. The largest absolute Gasteiger partial charge is 0.385 e. The van der Waals surface area contributed by atoms with E-state index in [1.54, 1.807) is 0 Å². The molecule has 2 aromatic carbocycles. The fourth-order valence-electron chi connectivity index (χ4n) is 3.41. The molecule has 3 nitrogen and oxygen atoms in total. The van der Waals surface area contributed by atoms with Gasteiger partial charge in [0.15, 0.2) is 5.78 Å². The average Bonchev–Trinajstić information content (AvgIpc) is 2.63. The number of nitrogens with zero attached hydrogens (tertiary/aromatic N) is 1. The summed E-state index contributed by atoms with van der Waals surface area (Å²) in [5.41, 5.74) is 2.02. The molecule has 0 aliphatic carbocycles. The highest BCUT2D eigenvalue weighted by Gasteiger charge is 2.34. The number of halogens is 1. The molecule has 1 fully saturated rings. The first-order valence-electron chi connectivity index (χ1n) is 8.88. The normalized spacial score (nSPS) is 16.7. The minimum atomic E-state index is -0.794. The van der Waals surface area contributed by atoms with E-state index in [-0.39, 0.29) is 5.78 Å². The summed E-state index contributed by atoms with van der Waals surface area (Å²) >= 11 is 5.94. The lowest BCUT2D eigenvalue weighted by molar-refractivity contribution is 0.0118. The summed E-state index contributed by atoms with van der Waals surface area (Å²) in [7, 11) is 0. The first kappa shape index (κ1) is 18.0. The van der Waals surface area contributed by atoms with Crippen LogP contribution in [-0.2, 0) is 5.60 Å². The number of benzene rings is 2. The lowest BCUT2D eigenvalue weighted by Gasteiger charge is -2.39. The molecule has 132 valence electrons. The van der Waals surface area contributed by atoms with Crippen molar-refractivity contribution in [3.05, 3.63) is 64.7 Å². The molecular weight excluding hydrogens is 334 g/mol. The number of carbonyl (C=O) groups excluding carboxylic acids is 1. The predicted molar refractivity (Wildman–Crippen MR) is 102 cm³/mol. The molecule has 0 saturated carbocycles. The Morgan fingerprint density at radius 2 is 1.68 bits per heavy atom. The van der Waals surface area contributed by atoms with Gasteiger partial charge in [0, 0.05) is 35.8 Å². The molecule has 1 N–H and O–H groups in total. The van der Waals surface area contributed by atoms with Gasteiger partial charge < -0.3 is 10.0 Å². The third kappa shape index (κ3) is 4.05. The van der Waals surface area contributed by atoms with E-state index in [9.17, 15) is 9.90 Å². The van der Waals surface area contributed by atoms with Gasteiger partial charge in [0.2, 0.25) is 0 Å². The Morgan fingerprint density at radius 3 is 2.24 bits per heavy atom. The fraction of sp³-hybridized carbons (Fsp3) is 0.381. The molecule has 0 bridgehead atoms. The zero-order valence-electron chi connectivity index (χ0n) is 14.5. The third-order valence-electron chi connectivity index (χ3n) is 5.00. The van der Waals surface area contributed by atoms with Crippen molar-refractivity contribution in [2.75, 3.05) is 18.0 Å². The summed E-state index contributed by atoms with van der Waals surface area (Å²) in [6.45, 7) is 3.57. The summed E-state index contributed by atoms with van der Waals surface area (Å²) in [5, 5.41) is 11.6. The molecule has 2 aromatic rings. The fourth-order valence-corrected chi connectivity index (χ4v) is 3.54. The van der Waals surface area contributed by atoms with Crippen molar-refractivity contribution in [3.8, 4) is 0 Å². The number of rotatable bonds is 5. The third-order valence-corrected chi connectivity index (χ3v) is 5.26. The van der Waals surface area contributed by atoms with E-state index in [1.807, 2.05) is 55.5 Å². The van der Waals surface area contributed by atoms with Gasteiger partial charge in [0.05, 0.1) is 5.60 Å². The van der Waals surface area contributed by atoms with E-state index in [0.29, 0.717) is 24.3 Å². The zero-order valence-corrected chi connectivity index (χ0v) is 15.3. The molecule has 0 radical (unpaired) electrons. The van der Waals surface area contributed by atoms with Crippen molar-refractivity contribution in [1.82, 2.24) is 0 Å². The van der Waals surface area contributed by atoms with Crippen molar-refractivity contribution in [3.63, 3.8) is 0 Å². The van der Waals surface area contributed by atoms with Crippen LogP contribution in [0.1, 0.15) is 48.5 Å². The van der Waals surface area contributed by atoms with Gasteiger partial charge in [0.1, 0.15) is 0 Å². The molecule has 25 heavy (non-hydrogen) atoms. The highest BCUT2D eigenvalue weighted by atomic mass is 35.5. The monoisotopic (exact) mass is 357 g/mol. The first-order chi connectivity index (χ1) is 12.0. The van der Waals surface area contributed by atoms with Gasteiger partial charge in [-0.2, -0.15) is 0 Å². The Labute approximate surface area is 154 Å². The molecular formula is C21H24ClNO2. The molecule has 4 heteroatoms. The number of hydrogen-bond donors (Lipinski definition) is 1. The van der Waals surface area contributed by atoms with Crippen LogP contribution >= 0.6 is 11.6 Å². The topological polar surface area (TPSA) is 40.5 Å². The average molecular weight is 358 g/mol. The second-order valence-electron chi connectivity index (χ2n) is 6.75. The van der Waals surface area contributed by atoms with Crippen LogP contribution in [-0.4, -0.2) is 24.0 Å². The number of anilines is 1. The van der Waals surface area contributed by atoms with Gasteiger partial charge in [-0.1, -0.05) is 30.7 Å². The highest BCUT2D eigenvalue weighted by molar-refractivity contribution is 6.30. The van der Waals surface area contributed by atoms with Crippen molar-refractivity contribution in [1.29, 1.82) is 0 Å². The smallest absolute Gasteiger partial charge is 0.162 e. The van der Waals surface area contributed by atoms with E-state index in [1.165, 1.54) is 0 Å². The summed E-state index contributed by atoms with van der Waals surface area (Å²) < 4.78 is 0. The van der Waals surface area contributed by atoms with Gasteiger partial charge >= 0.3 is 0 Å². The first-order valence-corrected chi connectivity index (χ1v) is 9.26. The molecule has 1 aliphatic heterocycles. The molecule has 0 spiro atoms. The van der Waals surface area contributed by atoms with Gasteiger partial charge in [-0.25, -0.2) is 0 Å². The molecule has 0 aromatic heterocycles. The van der Waals surface area contributed by atoms with Crippen LogP contribution in [0.4, 0.5) is 5.69 Å². The minimum Gasteiger partial charge on any atom is -0.385 e. The maximum atomic E-state index is 11.9. The number of Topliss-reactive ketones (excluding diaryl/α,β-unsaturated/α-hetero) is 1. The van der Waals surface area contributed by atoms with Crippen LogP contribution in [0.2, 0.25) is 5.02 Å². The van der Waals surface area contributed by atoms with Crippen LogP contribution in [0.25, 0.3) is 0 Å². The SMILES string of the molecule is CCCC(=O)c1ccc(N2CCC(O)(c3ccc(Cl)cc3)CC2)cc1. The van der Waals surface area contributed by atoms with Crippen LogP contribution < -0.4 is 4.90 Å². The Kier molecular flexibility index (Phi) is 5.45. The van der Waals surface area contributed by atoms with Crippen molar-refractivity contribution >= 4 is 23.1 Å². The number of ketones is 1. The summed E-state index contributed by atoms with van der Waals surface area (Å²) in [5.74, 6) is 0.199. The second-order valence-corrected chi connectivity index (χ2v) is 7.18. The van der Waals surface area contributed by atoms with Gasteiger partial charge in [-0.3, -0.25) is 4.79 Å². The van der Waals surface area contributed by atoms with E-state index in [0.717, 1.165) is 36.3 Å². The Hall–Kier alpha value is -1.84. The number of aliphatic hydroxyl groups is 1. The molecule has 0 atom stereocenters. The van der Waals surface area contributed by atoms with Crippen molar-refractivity contribution < 1.29 is 9.90 Å². The molecule has 0 amide bonds. The van der Waals surface area contributed by atoms with Gasteiger partial charge in [-0.05, 0) is 61.2 Å². The van der Waals surface area contributed by atoms with Gasteiger partial charge in [-0.15, -0.1) is 0 Å². The van der Waals surface area contributed by atoms with Crippen LogP contribution in [0.5, 0.6) is 0 Å². The summed E-state index contributed by atoms with van der Waals surface area (Å²) in [6, 6.07) is 15.3. The number of piperidine rings is 1. The second kappa shape index (κ2) is 7.59. The van der Waals surface area contributed by atoms with E-state index in [2.05, 4.69) is 4.90 Å². The van der Waals surface area contributed by atoms with Crippen LogP contribution in [0.3, 0.4) is 0 Å². The summed E-state index contributed by atoms with van der Waals surface area (Å²) in [4.78, 5) is 14.2. The number of hydrogen-bond acceptors (Lipinski definition) is 3. The quantitative estimate of drug-likeness (QED) is 0.780. The maximum Gasteiger partial charge on any atom is 0.162 e. The van der Waals surface area contributed by atoms with Crippen LogP contribution in [0, 0.1) is 0 Å². The molecule has 3 rings (SSSR count). The Balaban J connectivity index is 1.65. The lowest BCUT2D eigenvalue weighted by atomic mass is 9.84. The standard InChI is InChI=1S/C21H24ClNO2/c1-2-3-20(24)16-4-10-19(11-5-16)23-14-12-21(25,13-15-23)17-6-8-18(22)9-7-17/h4-11,25H,2-3,12-15H2,1H3. The predicted octanol–water partition coefficient (Wildman–Crippen LogP) is 4.81. The highest BCUT2D eigenvalue weighted by Crippen LogP contribution is 2.35. The summed E-state index contributed by atoms with van der Waals surface area (Å²) in [6.07, 6.45) is 2.81. The van der Waals surface area contributed by atoms with E-state index < -0.39 is 5.60 Å². The van der Waals surface area contributed by atoms with Gasteiger partial charge in [0.25, 0.3) is 0 Å². The minimum absolute atomic E-state index is 0.199. The number of carbonyl (C=O) groups is 1.